The molecule has 4 heterocycles. The Morgan fingerprint density at radius 3 is 2.92 bits per heavy atom. The highest BCUT2D eigenvalue weighted by Gasteiger charge is 2.14. The molecule has 0 atom stereocenters. The van der Waals surface area contributed by atoms with Crippen molar-refractivity contribution in [3.05, 3.63) is 62.7 Å². The van der Waals surface area contributed by atoms with Crippen molar-refractivity contribution < 1.29 is 4.79 Å². The van der Waals surface area contributed by atoms with Crippen LogP contribution in [0.5, 0.6) is 0 Å². The summed E-state index contributed by atoms with van der Waals surface area (Å²) in [5, 5.41) is 13.7. The maximum atomic E-state index is 12.5. The number of nitrogens with one attached hydrogen (secondary N) is 1. The molecule has 1 N–H and O–H groups in total. The summed E-state index contributed by atoms with van der Waals surface area (Å²) in [4.78, 5) is 18.1. The van der Waals surface area contributed by atoms with Gasteiger partial charge in [-0.05, 0) is 35.4 Å². The minimum Gasteiger partial charge on any atom is -0.346 e. The normalized spacial score (nSPS) is 11.1. The molecule has 0 bridgehead atoms. The lowest BCUT2D eigenvalue weighted by Gasteiger charge is -2.07. The highest BCUT2D eigenvalue weighted by molar-refractivity contribution is 7.09. The lowest BCUT2D eigenvalue weighted by Crippen LogP contribution is -2.24. The largest absolute Gasteiger partial charge is 0.346 e. The number of fused-ring (bicyclic) bond motifs is 1. The first-order chi connectivity index (χ1) is 12.2. The predicted molar refractivity (Wildman–Crippen MR) is 101 cm³/mol. The number of hydrogen-bond acceptors (Lipinski definition) is 5. The lowest BCUT2D eigenvalue weighted by atomic mass is 10.2. The van der Waals surface area contributed by atoms with Gasteiger partial charge >= 0.3 is 0 Å². The van der Waals surface area contributed by atoms with Gasteiger partial charge in [-0.2, -0.15) is 16.4 Å². The van der Waals surface area contributed by atoms with Crippen LogP contribution in [0.25, 0.3) is 16.9 Å². The predicted octanol–water partition coefficient (Wildman–Crippen LogP) is 4.01. The molecule has 4 rings (SSSR count). The van der Waals surface area contributed by atoms with Gasteiger partial charge in [0.2, 0.25) is 0 Å². The summed E-state index contributed by atoms with van der Waals surface area (Å²) in [6.45, 7) is 2.57. The van der Waals surface area contributed by atoms with Gasteiger partial charge in [-0.1, -0.05) is 13.0 Å². The van der Waals surface area contributed by atoms with Crippen LogP contribution in [0.15, 0.2) is 46.5 Å². The molecule has 25 heavy (non-hydrogen) atoms. The number of rotatable bonds is 5. The van der Waals surface area contributed by atoms with Crippen LogP contribution >= 0.6 is 22.7 Å². The summed E-state index contributed by atoms with van der Waals surface area (Å²) in [5.74, 6) is -0.163. The van der Waals surface area contributed by atoms with E-state index >= 15 is 0 Å². The number of nitrogens with zero attached hydrogens (tertiary/aromatic N) is 3. The molecule has 1 amide bonds. The van der Waals surface area contributed by atoms with Gasteiger partial charge in [-0.15, -0.1) is 11.3 Å². The van der Waals surface area contributed by atoms with E-state index in [0.29, 0.717) is 17.9 Å². The Morgan fingerprint density at radius 2 is 2.20 bits per heavy atom. The SMILES string of the molecule is CCc1cc(C(=O)NCc2cccs2)nc2cc(-c3ccsc3)nn12. The lowest BCUT2D eigenvalue weighted by molar-refractivity contribution is 0.0946. The Morgan fingerprint density at radius 1 is 1.28 bits per heavy atom. The number of amides is 1. The van der Waals surface area contributed by atoms with Crippen LogP contribution in [-0.2, 0) is 13.0 Å². The Balaban J connectivity index is 1.66. The number of hydrogen-bond donors (Lipinski definition) is 1. The first-order valence-corrected chi connectivity index (χ1v) is 9.79. The van der Waals surface area contributed by atoms with Gasteiger partial charge < -0.3 is 5.32 Å². The molecule has 0 spiro atoms. The number of carbonyl (C=O) groups is 1. The summed E-state index contributed by atoms with van der Waals surface area (Å²) in [6, 6.07) is 9.76. The van der Waals surface area contributed by atoms with Crippen LogP contribution in [0.1, 0.15) is 28.0 Å². The maximum absolute atomic E-state index is 12.5. The van der Waals surface area contributed by atoms with Crippen molar-refractivity contribution in [3.8, 4) is 11.3 Å². The van der Waals surface area contributed by atoms with E-state index < -0.39 is 0 Å². The van der Waals surface area contributed by atoms with Gasteiger partial charge in [0.1, 0.15) is 5.69 Å². The number of aromatic nitrogens is 3. The third-order valence-corrected chi connectivity index (χ3v) is 5.48. The Kier molecular flexibility index (Phi) is 4.33. The average Bonchev–Trinajstić information content (AvgIpc) is 3.39. The molecule has 0 aliphatic carbocycles. The van der Waals surface area contributed by atoms with E-state index in [1.165, 1.54) is 0 Å². The fourth-order valence-corrected chi connectivity index (χ4v) is 3.92. The Hall–Kier alpha value is -2.51. The van der Waals surface area contributed by atoms with E-state index in [1.807, 2.05) is 52.5 Å². The standard InChI is InChI=1S/C18H16N4OS2/c1-2-13-8-16(18(23)19-10-14-4-3-6-25-14)20-17-9-15(21-22(13)17)12-5-7-24-11-12/h3-9,11H,2,10H2,1H3,(H,19,23). The third kappa shape index (κ3) is 3.20. The average molecular weight is 368 g/mol. The summed E-state index contributed by atoms with van der Waals surface area (Å²) in [7, 11) is 0. The molecule has 0 aromatic carbocycles. The van der Waals surface area contributed by atoms with Crippen LogP contribution in [0.4, 0.5) is 0 Å². The molecular formula is C18H16N4OS2. The van der Waals surface area contributed by atoms with Crippen LogP contribution in [0.3, 0.4) is 0 Å². The van der Waals surface area contributed by atoms with Crippen molar-refractivity contribution >= 4 is 34.2 Å². The van der Waals surface area contributed by atoms with Crippen molar-refractivity contribution in [2.24, 2.45) is 0 Å². The van der Waals surface area contributed by atoms with E-state index in [1.54, 1.807) is 22.7 Å². The second kappa shape index (κ2) is 6.78. The fourth-order valence-electron chi connectivity index (χ4n) is 2.63. The van der Waals surface area contributed by atoms with Gasteiger partial charge in [0.15, 0.2) is 5.65 Å². The van der Waals surface area contributed by atoms with Crippen molar-refractivity contribution in [1.29, 1.82) is 0 Å². The summed E-state index contributed by atoms with van der Waals surface area (Å²) >= 11 is 3.26. The molecule has 0 unspecified atom stereocenters. The molecule has 0 saturated heterocycles. The van der Waals surface area contributed by atoms with Crippen LogP contribution < -0.4 is 5.32 Å². The zero-order valence-electron chi connectivity index (χ0n) is 13.6. The zero-order chi connectivity index (χ0) is 17.2. The van der Waals surface area contributed by atoms with Gasteiger partial charge in [-0.25, -0.2) is 9.50 Å². The molecule has 5 nitrogen and oxygen atoms in total. The van der Waals surface area contributed by atoms with Crippen molar-refractivity contribution in [2.45, 2.75) is 19.9 Å². The van der Waals surface area contributed by atoms with E-state index in [2.05, 4.69) is 20.8 Å². The van der Waals surface area contributed by atoms with E-state index in [-0.39, 0.29) is 5.91 Å². The molecule has 7 heteroatoms. The summed E-state index contributed by atoms with van der Waals surface area (Å²) in [5.41, 5.74) is 4.04. The Bertz CT molecular complexity index is 1000. The monoisotopic (exact) mass is 368 g/mol. The van der Waals surface area contributed by atoms with E-state index in [4.69, 9.17) is 0 Å². The molecule has 0 aliphatic heterocycles. The van der Waals surface area contributed by atoms with Crippen molar-refractivity contribution in [3.63, 3.8) is 0 Å². The van der Waals surface area contributed by atoms with E-state index in [9.17, 15) is 4.79 Å². The maximum Gasteiger partial charge on any atom is 0.270 e. The second-order valence-electron chi connectivity index (χ2n) is 5.56. The quantitative estimate of drug-likeness (QED) is 0.579. The van der Waals surface area contributed by atoms with Crippen molar-refractivity contribution in [1.82, 2.24) is 19.9 Å². The van der Waals surface area contributed by atoms with Crippen molar-refractivity contribution in [2.75, 3.05) is 0 Å². The first kappa shape index (κ1) is 16.0. The fraction of sp³-hybridized carbons (Fsp3) is 0.167. The molecule has 0 aliphatic rings. The number of aryl methyl sites for hydroxylation is 1. The Labute approximate surface area is 153 Å². The molecular weight excluding hydrogens is 352 g/mol. The van der Waals surface area contributed by atoms with Gasteiger partial charge in [0.25, 0.3) is 5.91 Å². The van der Waals surface area contributed by atoms with Crippen LogP contribution in [-0.4, -0.2) is 20.5 Å². The molecule has 0 radical (unpaired) electrons. The number of carbonyl (C=O) groups excluding carboxylic acids is 1. The zero-order valence-corrected chi connectivity index (χ0v) is 15.2. The molecule has 0 saturated carbocycles. The first-order valence-electron chi connectivity index (χ1n) is 7.97. The van der Waals surface area contributed by atoms with Gasteiger partial charge in [0.05, 0.1) is 12.2 Å². The van der Waals surface area contributed by atoms with Crippen LogP contribution in [0.2, 0.25) is 0 Å². The van der Waals surface area contributed by atoms with E-state index in [0.717, 1.165) is 28.2 Å². The molecule has 0 fully saturated rings. The highest BCUT2D eigenvalue weighted by atomic mass is 32.1. The minimum absolute atomic E-state index is 0.163. The molecule has 4 aromatic rings. The van der Waals surface area contributed by atoms with Gasteiger partial charge in [0, 0.05) is 27.6 Å². The molecule has 4 aromatic heterocycles. The highest BCUT2D eigenvalue weighted by Crippen LogP contribution is 2.22. The second-order valence-corrected chi connectivity index (χ2v) is 7.37. The minimum atomic E-state index is -0.163. The number of thiophene rings is 2. The topological polar surface area (TPSA) is 59.3 Å². The summed E-state index contributed by atoms with van der Waals surface area (Å²) < 4.78 is 1.82. The van der Waals surface area contributed by atoms with Gasteiger partial charge in [-0.3, -0.25) is 4.79 Å². The molecule has 126 valence electrons. The van der Waals surface area contributed by atoms with Crippen LogP contribution in [0, 0.1) is 0 Å². The smallest absolute Gasteiger partial charge is 0.270 e. The third-order valence-electron chi connectivity index (χ3n) is 3.92. The summed E-state index contributed by atoms with van der Waals surface area (Å²) in [6.07, 6.45) is 0.773.